The van der Waals surface area contributed by atoms with Gasteiger partial charge in [-0.15, -0.1) is 0 Å². The number of hydrogen-bond donors (Lipinski definition) is 1. The third kappa shape index (κ3) is 3.28. The number of pyridine rings is 1. The fourth-order valence-corrected chi connectivity index (χ4v) is 1.97. The van der Waals surface area contributed by atoms with Crippen molar-refractivity contribution >= 4 is 29.1 Å². The minimum atomic E-state index is -0.323. The number of aryl methyl sites for hydroxylation is 1. The van der Waals surface area contributed by atoms with Crippen LogP contribution in [-0.2, 0) is 0 Å². The van der Waals surface area contributed by atoms with Crippen LogP contribution >= 0.6 is 23.2 Å². The van der Waals surface area contributed by atoms with Crippen molar-refractivity contribution in [1.82, 2.24) is 10.3 Å². The molecule has 1 atom stereocenters. The normalized spacial score (nSPS) is 12.2. The second-order valence-electron chi connectivity index (χ2n) is 4.13. The molecule has 0 aliphatic heterocycles. The van der Waals surface area contributed by atoms with Crippen LogP contribution in [0.3, 0.4) is 0 Å². The molecular formula is C13H12Cl2N2O2. The Morgan fingerprint density at radius 3 is 2.79 bits per heavy atom. The van der Waals surface area contributed by atoms with Gasteiger partial charge in [-0.2, -0.15) is 0 Å². The van der Waals surface area contributed by atoms with Crippen LogP contribution in [0.1, 0.15) is 34.8 Å². The van der Waals surface area contributed by atoms with Crippen molar-refractivity contribution in [1.29, 1.82) is 0 Å². The number of nitrogens with zero attached hydrogens (tertiary/aromatic N) is 1. The molecule has 0 radical (unpaired) electrons. The van der Waals surface area contributed by atoms with Gasteiger partial charge in [-0.25, -0.2) is 4.98 Å². The van der Waals surface area contributed by atoms with Gasteiger partial charge in [0, 0.05) is 6.20 Å². The summed E-state index contributed by atoms with van der Waals surface area (Å²) in [5.74, 6) is 1.15. The summed E-state index contributed by atoms with van der Waals surface area (Å²) in [6.07, 6.45) is 1.35. The van der Waals surface area contributed by atoms with Gasteiger partial charge in [0.2, 0.25) is 0 Å². The van der Waals surface area contributed by atoms with E-state index in [2.05, 4.69) is 10.3 Å². The molecule has 2 rings (SSSR count). The number of hydrogen-bond acceptors (Lipinski definition) is 3. The second-order valence-corrected chi connectivity index (χ2v) is 4.92. The number of furan rings is 1. The first-order valence-corrected chi connectivity index (χ1v) is 6.41. The molecule has 0 aliphatic rings. The van der Waals surface area contributed by atoms with Gasteiger partial charge in [0.05, 0.1) is 16.6 Å². The van der Waals surface area contributed by atoms with E-state index in [1.54, 1.807) is 0 Å². The van der Waals surface area contributed by atoms with Crippen molar-refractivity contribution in [3.8, 4) is 0 Å². The summed E-state index contributed by atoms with van der Waals surface area (Å²) in [6.45, 7) is 3.67. The van der Waals surface area contributed by atoms with Gasteiger partial charge in [0.25, 0.3) is 5.91 Å². The first kappa shape index (κ1) is 13.9. The fraction of sp³-hybridized carbons (Fsp3) is 0.231. The van der Waals surface area contributed by atoms with E-state index in [9.17, 15) is 4.79 Å². The summed E-state index contributed by atoms with van der Waals surface area (Å²) in [7, 11) is 0. The number of carbonyl (C=O) groups excluding carboxylic acids is 1. The van der Waals surface area contributed by atoms with Crippen molar-refractivity contribution < 1.29 is 9.21 Å². The maximum absolute atomic E-state index is 12.1. The maximum Gasteiger partial charge on any atom is 0.253 e. The third-order valence-electron chi connectivity index (χ3n) is 2.60. The topological polar surface area (TPSA) is 55.1 Å². The number of amides is 1. The molecule has 1 unspecified atom stereocenters. The Hall–Kier alpha value is -1.52. The van der Waals surface area contributed by atoms with E-state index in [4.69, 9.17) is 27.6 Å². The molecular weight excluding hydrogens is 287 g/mol. The van der Waals surface area contributed by atoms with Crippen molar-refractivity contribution in [2.75, 3.05) is 0 Å². The molecule has 6 heteroatoms. The Morgan fingerprint density at radius 1 is 1.42 bits per heavy atom. The SMILES string of the molecule is Cc1ccc(C(C)NC(=O)c2cc(Cl)ncc2Cl)o1. The minimum Gasteiger partial charge on any atom is -0.464 e. The largest absolute Gasteiger partial charge is 0.464 e. The van der Waals surface area contributed by atoms with Gasteiger partial charge in [-0.3, -0.25) is 4.79 Å². The maximum atomic E-state index is 12.1. The van der Waals surface area contributed by atoms with E-state index < -0.39 is 0 Å². The Bertz CT molecular complexity index is 610. The highest BCUT2D eigenvalue weighted by atomic mass is 35.5. The molecule has 1 N–H and O–H groups in total. The molecule has 4 nitrogen and oxygen atoms in total. The van der Waals surface area contributed by atoms with Crippen LogP contribution in [0, 0.1) is 6.92 Å². The summed E-state index contributed by atoms with van der Waals surface area (Å²) < 4.78 is 5.45. The number of halogens is 2. The highest BCUT2D eigenvalue weighted by Crippen LogP contribution is 2.20. The van der Waals surface area contributed by atoms with E-state index in [1.165, 1.54) is 12.3 Å². The second kappa shape index (κ2) is 5.63. The molecule has 2 heterocycles. The summed E-state index contributed by atoms with van der Waals surface area (Å²) in [5, 5.41) is 3.26. The van der Waals surface area contributed by atoms with Crippen LogP contribution in [0.4, 0.5) is 0 Å². The fourth-order valence-electron chi connectivity index (χ4n) is 1.62. The lowest BCUT2D eigenvalue weighted by Crippen LogP contribution is -2.26. The molecule has 19 heavy (non-hydrogen) atoms. The van der Waals surface area contributed by atoms with Crippen LogP contribution in [0.5, 0.6) is 0 Å². The standard InChI is InChI=1S/C13H12Cl2N2O2/c1-7-3-4-11(19-7)8(2)17-13(18)9-5-12(15)16-6-10(9)14/h3-6,8H,1-2H3,(H,17,18). The first-order valence-electron chi connectivity index (χ1n) is 5.65. The van der Waals surface area contributed by atoms with E-state index in [0.717, 1.165) is 5.76 Å². The molecule has 0 saturated carbocycles. The predicted molar refractivity (Wildman–Crippen MR) is 73.6 cm³/mol. The Morgan fingerprint density at radius 2 is 2.16 bits per heavy atom. The Labute approximate surface area is 120 Å². The van der Waals surface area contributed by atoms with E-state index >= 15 is 0 Å². The molecule has 0 spiro atoms. The van der Waals surface area contributed by atoms with Crippen LogP contribution < -0.4 is 5.32 Å². The smallest absolute Gasteiger partial charge is 0.253 e. The lowest BCUT2D eigenvalue weighted by Gasteiger charge is -2.12. The van der Waals surface area contributed by atoms with Gasteiger partial charge >= 0.3 is 0 Å². The zero-order chi connectivity index (χ0) is 14.0. The summed E-state index contributed by atoms with van der Waals surface area (Å²) >= 11 is 11.7. The average molecular weight is 299 g/mol. The molecule has 0 aliphatic carbocycles. The van der Waals surface area contributed by atoms with Crippen molar-refractivity contribution in [2.24, 2.45) is 0 Å². The minimum absolute atomic E-state index is 0.219. The Balaban J connectivity index is 2.15. The van der Waals surface area contributed by atoms with Crippen molar-refractivity contribution in [3.05, 3.63) is 51.7 Å². The van der Waals surface area contributed by atoms with Crippen molar-refractivity contribution in [2.45, 2.75) is 19.9 Å². The summed E-state index contributed by atoms with van der Waals surface area (Å²) in [5.41, 5.74) is 0.289. The van der Waals surface area contributed by atoms with Gasteiger partial charge in [-0.05, 0) is 32.0 Å². The zero-order valence-electron chi connectivity index (χ0n) is 10.4. The van der Waals surface area contributed by atoms with E-state index in [0.29, 0.717) is 5.76 Å². The van der Waals surface area contributed by atoms with E-state index in [1.807, 2.05) is 26.0 Å². The van der Waals surface area contributed by atoms with Gasteiger partial charge in [0.1, 0.15) is 16.7 Å². The lowest BCUT2D eigenvalue weighted by atomic mass is 10.2. The average Bonchev–Trinajstić information content (AvgIpc) is 2.79. The molecule has 2 aromatic heterocycles. The highest BCUT2D eigenvalue weighted by Gasteiger charge is 2.17. The third-order valence-corrected chi connectivity index (χ3v) is 3.11. The van der Waals surface area contributed by atoms with Crippen LogP contribution in [0.25, 0.3) is 0 Å². The van der Waals surface area contributed by atoms with E-state index in [-0.39, 0.29) is 27.7 Å². The molecule has 0 bridgehead atoms. The highest BCUT2D eigenvalue weighted by molar-refractivity contribution is 6.35. The molecule has 0 saturated heterocycles. The number of carbonyl (C=O) groups is 1. The van der Waals surface area contributed by atoms with Gasteiger partial charge in [0.15, 0.2) is 0 Å². The summed E-state index contributed by atoms with van der Waals surface area (Å²) in [4.78, 5) is 15.9. The molecule has 1 amide bonds. The molecule has 0 aromatic carbocycles. The van der Waals surface area contributed by atoms with Gasteiger partial charge < -0.3 is 9.73 Å². The monoisotopic (exact) mass is 298 g/mol. The molecule has 2 aromatic rings. The Kier molecular flexibility index (Phi) is 4.12. The molecule has 100 valence electrons. The predicted octanol–water partition coefficient (Wildman–Crippen LogP) is 3.78. The number of aromatic nitrogens is 1. The van der Waals surface area contributed by atoms with Crippen molar-refractivity contribution in [3.63, 3.8) is 0 Å². The lowest BCUT2D eigenvalue weighted by molar-refractivity contribution is 0.0935. The quantitative estimate of drug-likeness (QED) is 0.877. The van der Waals surface area contributed by atoms with Crippen LogP contribution in [-0.4, -0.2) is 10.9 Å². The number of rotatable bonds is 3. The zero-order valence-corrected chi connectivity index (χ0v) is 11.9. The first-order chi connectivity index (χ1) is 8.97. The summed E-state index contributed by atoms with van der Waals surface area (Å²) in [6, 6.07) is 4.83. The van der Waals surface area contributed by atoms with Crippen LogP contribution in [0.2, 0.25) is 10.2 Å². The van der Waals surface area contributed by atoms with Gasteiger partial charge in [-0.1, -0.05) is 23.2 Å². The molecule has 0 fully saturated rings. The van der Waals surface area contributed by atoms with Crippen LogP contribution in [0.15, 0.2) is 28.8 Å². The number of nitrogens with one attached hydrogen (secondary N) is 1.